The van der Waals surface area contributed by atoms with Crippen LogP contribution in [0, 0.1) is 5.92 Å². The van der Waals surface area contributed by atoms with Gasteiger partial charge in [-0.25, -0.2) is 0 Å². The Hall–Kier alpha value is -0.0800. The summed E-state index contributed by atoms with van der Waals surface area (Å²) in [5.74, 6) is 0.826. The Kier molecular flexibility index (Phi) is 4.04. The molecule has 2 nitrogen and oxygen atoms in total. The van der Waals surface area contributed by atoms with Crippen LogP contribution in [-0.4, -0.2) is 30.3 Å². The zero-order valence-electron chi connectivity index (χ0n) is 10.2. The van der Waals surface area contributed by atoms with Gasteiger partial charge in [-0.1, -0.05) is 13.3 Å². The molecule has 0 radical (unpaired) electrons. The van der Waals surface area contributed by atoms with Crippen LogP contribution in [-0.2, 0) is 4.74 Å². The summed E-state index contributed by atoms with van der Waals surface area (Å²) in [5.41, 5.74) is 0. The van der Waals surface area contributed by atoms with E-state index in [9.17, 15) is 0 Å². The number of hydrogen-bond acceptors (Lipinski definition) is 2. The summed E-state index contributed by atoms with van der Waals surface area (Å²) in [5, 5.41) is 0. The number of rotatable bonds is 3. The Morgan fingerprint density at radius 2 is 2.13 bits per heavy atom. The van der Waals surface area contributed by atoms with Crippen LogP contribution in [0.5, 0.6) is 0 Å². The predicted molar refractivity (Wildman–Crippen MR) is 62.8 cm³/mol. The van der Waals surface area contributed by atoms with Gasteiger partial charge in [-0.05, 0) is 44.9 Å². The van der Waals surface area contributed by atoms with E-state index >= 15 is 0 Å². The van der Waals surface area contributed by atoms with E-state index in [-0.39, 0.29) is 0 Å². The maximum absolute atomic E-state index is 5.99. The molecule has 2 heteroatoms. The summed E-state index contributed by atoms with van der Waals surface area (Å²) in [7, 11) is 0. The molecule has 2 aliphatic heterocycles. The third kappa shape index (κ3) is 2.54. The second-order valence-electron chi connectivity index (χ2n) is 5.18. The molecule has 0 aromatic carbocycles. The predicted octanol–water partition coefficient (Wildman–Crippen LogP) is 3.02. The molecule has 2 heterocycles. The fraction of sp³-hybridized carbons (Fsp3) is 1.00. The second-order valence-corrected chi connectivity index (χ2v) is 5.18. The van der Waals surface area contributed by atoms with E-state index in [2.05, 4.69) is 18.7 Å². The van der Waals surface area contributed by atoms with Crippen molar-refractivity contribution >= 4 is 0 Å². The zero-order chi connectivity index (χ0) is 10.7. The summed E-state index contributed by atoms with van der Waals surface area (Å²) in [4.78, 5) is 2.62. The lowest BCUT2D eigenvalue weighted by Crippen LogP contribution is -2.53. The van der Waals surface area contributed by atoms with Crippen molar-refractivity contribution < 1.29 is 4.74 Å². The molecule has 15 heavy (non-hydrogen) atoms. The monoisotopic (exact) mass is 211 g/mol. The van der Waals surface area contributed by atoms with Gasteiger partial charge in [-0.15, -0.1) is 0 Å². The van der Waals surface area contributed by atoms with Gasteiger partial charge in [0, 0.05) is 19.2 Å². The van der Waals surface area contributed by atoms with Gasteiger partial charge in [0.2, 0.25) is 0 Å². The van der Waals surface area contributed by atoms with Crippen LogP contribution >= 0.6 is 0 Å². The molecule has 0 N–H and O–H groups in total. The van der Waals surface area contributed by atoms with Crippen molar-refractivity contribution in [1.82, 2.24) is 4.90 Å². The molecule has 88 valence electrons. The van der Waals surface area contributed by atoms with Gasteiger partial charge < -0.3 is 4.74 Å². The van der Waals surface area contributed by atoms with E-state index in [1.54, 1.807) is 0 Å². The SMILES string of the molecule is CCCCN1C(C)CC[C@H]2CCCO[C@H]21. The first kappa shape index (κ1) is 11.4. The lowest BCUT2D eigenvalue weighted by Gasteiger charge is -2.47. The highest BCUT2D eigenvalue weighted by Gasteiger charge is 2.37. The first-order chi connectivity index (χ1) is 7.33. The van der Waals surface area contributed by atoms with Crippen molar-refractivity contribution in [2.75, 3.05) is 13.2 Å². The van der Waals surface area contributed by atoms with Crippen LogP contribution in [0.1, 0.15) is 52.4 Å². The number of fused-ring (bicyclic) bond motifs is 1. The van der Waals surface area contributed by atoms with Crippen LogP contribution in [0.25, 0.3) is 0 Å². The molecule has 2 fully saturated rings. The van der Waals surface area contributed by atoms with E-state index < -0.39 is 0 Å². The van der Waals surface area contributed by atoms with E-state index in [1.165, 1.54) is 45.1 Å². The van der Waals surface area contributed by atoms with Gasteiger partial charge in [0.1, 0.15) is 6.23 Å². The summed E-state index contributed by atoms with van der Waals surface area (Å²) in [6, 6.07) is 0.732. The molecular weight excluding hydrogens is 186 g/mol. The van der Waals surface area contributed by atoms with E-state index in [1.807, 2.05) is 0 Å². The molecule has 0 saturated carbocycles. The van der Waals surface area contributed by atoms with E-state index in [4.69, 9.17) is 4.74 Å². The molecule has 0 amide bonds. The van der Waals surface area contributed by atoms with Gasteiger partial charge in [0.25, 0.3) is 0 Å². The number of unbranched alkanes of at least 4 members (excludes halogenated alkanes) is 1. The lowest BCUT2D eigenvalue weighted by atomic mass is 9.86. The van der Waals surface area contributed by atoms with Crippen molar-refractivity contribution in [3.05, 3.63) is 0 Å². The lowest BCUT2D eigenvalue weighted by molar-refractivity contribution is -0.155. The number of nitrogens with zero attached hydrogens (tertiary/aromatic N) is 1. The molecule has 0 spiro atoms. The normalized spacial score (nSPS) is 37.6. The summed E-state index contributed by atoms with van der Waals surface area (Å²) in [6.45, 7) is 6.85. The van der Waals surface area contributed by atoms with Crippen molar-refractivity contribution in [1.29, 1.82) is 0 Å². The third-order valence-electron chi connectivity index (χ3n) is 4.03. The Balaban J connectivity index is 1.96. The number of likely N-dealkylation sites (tertiary alicyclic amines) is 1. The van der Waals surface area contributed by atoms with Gasteiger partial charge in [0.15, 0.2) is 0 Å². The molecule has 1 unspecified atom stereocenters. The molecule has 3 atom stereocenters. The number of ether oxygens (including phenoxy) is 1. The largest absolute Gasteiger partial charge is 0.363 e. The van der Waals surface area contributed by atoms with Crippen molar-refractivity contribution in [2.45, 2.75) is 64.6 Å². The molecule has 0 aliphatic carbocycles. The van der Waals surface area contributed by atoms with Gasteiger partial charge in [0.05, 0.1) is 0 Å². The number of piperidine rings is 1. The highest BCUT2D eigenvalue weighted by molar-refractivity contribution is 4.85. The molecule has 2 aliphatic rings. The van der Waals surface area contributed by atoms with Crippen molar-refractivity contribution in [3.63, 3.8) is 0 Å². The molecule has 0 aromatic rings. The van der Waals surface area contributed by atoms with Gasteiger partial charge in [-0.3, -0.25) is 4.90 Å². The van der Waals surface area contributed by atoms with Crippen molar-refractivity contribution in [2.24, 2.45) is 5.92 Å². The molecule has 0 bridgehead atoms. The average Bonchev–Trinajstić information content (AvgIpc) is 2.28. The highest BCUT2D eigenvalue weighted by atomic mass is 16.5. The minimum absolute atomic E-state index is 0.453. The van der Waals surface area contributed by atoms with Crippen LogP contribution < -0.4 is 0 Å². The van der Waals surface area contributed by atoms with E-state index in [0.29, 0.717) is 6.23 Å². The maximum atomic E-state index is 5.99. The Morgan fingerprint density at radius 1 is 1.27 bits per heavy atom. The fourth-order valence-corrected chi connectivity index (χ4v) is 3.04. The Morgan fingerprint density at radius 3 is 2.93 bits per heavy atom. The summed E-state index contributed by atoms with van der Waals surface area (Å²) < 4.78 is 5.99. The van der Waals surface area contributed by atoms with Crippen LogP contribution in [0.4, 0.5) is 0 Å². The molecule has 2 rings (SSSR count). The Bertz CT molecular complexity index is 195. The first-order valence-electron chi connectivity index (χ1n) is 6.70. The third-order valence-corrected chi connectivity index (χ3v) is 4.03. The Labute approximate surface area is 94.0 Å². The minimum atomic E-state index is 0.453. The maximum Gasteiger partial charge on any atom is 0.113 e. The van der Waals surface area contributed by atoms with Gasteiger partial charge in [-0.2, -0.15) is 0 Å². The summed E-state index contributed by atoms with van der Waals surface area (Å²) in [6.07, 6.45) is 8.48. The van der Waals surface area contributed by atoms with Crippen LogP contribution in [0.2, 0.25) is 0 Å². The fourth-order valence-electron chi connectivity index (χ4n) is 3.04. The standard InChI is InChI=1S/C13H25NO/c1-3-4-9-14-11(2)7-8-12-6-5-10-15-13(12)14/h11-13H,3-10H2,1-2H3/t11?,12-,13-/m1/s1. The first-order valence-corrected chi connectivity index (χ1v) is 6.70. The molecule has 2 saturated heterocycles. The van der Waals surface area contributed by atoms with Crippen LogP contribution in [0.15, 0.2) is 0 Å². The highest BCUT2D eigenvalue weighted by Crippen LogP contribution is 2.34. The van der Waals surface area contributed by atoms with Crippen LogP contribution in [0.3, 0.4) is 0 Å². The minimum Gasteiger partial charge on any atom is -0.363 e. The molecule has 0 aromatic heterocycles. The number of hydrogen-bond donors (Lipinski definition) is 0. The average molecular weight is 211 g/mol. The smallest absolute Gasteiger partial charge is 0.113 e. The van der Waals surface area contributed by atoms with E-state index in [0.717, 1.165) is 18.6 Å². The summed E-state index contributed by atoms with van der Waals surface area (Å²) >= 11 is 0. The molecular formula is C13H25NO. The topological polar surface area (TPSA) is 12.5 Å². The van der Waals surface area contributed by atoms with Crippen molar-refractivity contribution in [3.8, 4) is 0 Å². The quantitative estimate of drug-likeness (QED) is 0.711. The zero-order valence-corrected chi connectivity index (χ0v) is 10.2. The van der Waals surface area contributed by atoms with Gasteiger partial charge >= 0.3 is 0 Å². The second kappa shape index (κ2) is 5.31.